The van der Waals surface area contributed by atoms with Crippen molar-refractivity contribution >= 4 is 24.0 Å². The molecule has 1 heterocycles. The molecule has 2 fully saturated rings. The Labute approximate surface area is 126 Å². The molecule has 2 atom stereocenters. The number of piperidine rings is 1. The Balaban J connectivity index is 0.00000147. The van der Waals surface area contributed by atoms with Gasteiger partial charge in [-0.15, -0.1) is 12.4 Å². The first kappa shape index (κ1) is 15.2. The van der Waals surface area contributed by atoms with Gasteiger partial charge in [0.15, 0.2) is 0 Å². The Morgan fingerprint density at radius 3 is 2.45 bits per heavy atom. The van der Waals surface area contributed by atoms with Crippen molar-refractivity contribution in [2.24, 2.45) is 5.92 Å². The van der Waals surface area contributed by atoms with E-state index in [0.717, 1.165) is 24.4 Å². The second kappa shape index (κ2) is 6.49. The predicted octanol–water partition coefficient (Wildman–Crippen LogP) is 3.49. The van der Waals surface area contributed by atoms with Gasteiger partial charge in [0.25, 0.3) is 5.91 Å². The van der Waals surface area contributed by atoms with E-state index in [1.54, 1.807) is 0 Å². The second-order valence-corrected chi connectivity index (χ2v) is 5.87. The summed E-state index contributed by atoms with van der Waals surface area (Å²) in [5.74, 6) is 0.928. The number of hydrogen-bond donors (Lipinski definition) is 1. The number of halogens is 1. The summed E-state index contributed by atoms with van der Waals surface area (Å²) in [5, 5.41) is 0. The molecule has 0 spiro atoms. The van der Waals surface area contributed by atoms with Gasteiger partial charge in [-0.1, -0.05) is 12.8 Å². The first-order valence-corrected chi connectivity index (χ1v) is 7.42. The van der Waals surface area contributed by atoms with Crippen molar-refractivity contribution in [1.29, 1.82) is 0 Å². The topological polar surface area (TPSA) is 46.3 Å². The lowest BCUT2D eigenvalue weighted by Gasteiger charge is -2.44. The van der Waals surface area contributed by atoms with E-state index in [0.29, 0.717) is 11.7 Å². The van der Waals surface area contributed by atoms with Gasteiger partial charge in [-0.2, -0.15) is 0 Å². The van der Waals surface area contributed by atoms with Gasteiger partial charge in [-0.3, -0.25) is 4.79 Å². The van der Waals surface area contributed by atoms with Gasteiger partial charge >= 0.3 is 0 Å². The maximum Gasteiger partial charge on any atom is 0.254 e. The molecule has 2 unspecified atom stereocenters. The standard InChI is InChI=1S/C16H22N2O.ClH/c17-14-9-7-13(8-10-14)16(19)18-11-3-5-12-4-1-2-6-15(12)18;/h7-10,12,15H,1-6,11,17H2;1H. The van der Waals surface area contributed by atoms with Gasteiger partial charge in [-0.05, 0) is 55.9 Å². The highest BCUT2D eigenvalue weighted by atomic mass is 35.5. The van der Waals surface area contributed by atoms with Crippen molar-refractivity contribution in [3.63, 3.8) is 0 Å². The molecule has 2 aliphatic rings. The molecule has 3 rings (SSSR count). The Morgan fingerprint density at radius 1 is 1.05 bits per heavy atom. The van der Waals surface area contributed by atoms with Crippen LogP contribution in [0.5, 0.6) is 0 Å². The minimum atomic E-state index is 0. The first-order chi connectivity index (χ1) is 9.25. The fourth-order valence-electron chi connectivity index (χ4n) is 3.67. The van der Waals surface area contributed by atoms with E-state index in [2.05, 4.69) is 4.90 Å². The monoisotopic (exact) mass is 294 g/mol. The van der Waals surface area contributed by atoms with E-state index in [1.165, 1.54) is 32.1 Å². The molecule has 0 radical (unpaired) electrons. The van der Waals surface area contributed by atoms with Crippen LogP contribution >= 0.6 is 12.4 Å². The highest BCUT2D eigenvalue weighted by Gasteiger charge is 2.35. The second-order valence-electron chi connectivity index (χ2n) is 5.87. The van der Waals surface area contributed by atoms with Crippen molar-refractivity contribution in [1.82, 2.24) is 4.90 Å². The van der Waals surface area contributed by atoms with Gasteiger partial charge in [0, 0.05) is 23.8 Å². The lowest BCUT2D eigenvalue weighted by molar-refractivity contribution is 0.0391. The molecule has 2 N–H and O–H groups in total. The number of carbonyl (C=O) groups excluding carboxylic acids is 1. The van der Waals surface area contributed by atoms with Crippen molar-refractivity contribution in [3.8, 4) is 0 Å². The van der Waals surface area contributed by atoms with Crippen LogP contribution in [0.4, 0.5) is 5.69 Å². The Morgan fingerprint density at radius 2 is 1.70 bits per heavy atom. The number of hydrogen-bond acceptors (Lipinski definition) is 2. The zero-order chi connectivity index (χ0) is 13.2. The van der Waals surface area contributed by atoms with Crippen LogP contribution in [0, 0.1) is 5.92 Å². The highest BCUT2D eigenvalue weighted by Crippen LogP contribution is 2.35. The summed E-state index contributed by atoms with van der Waals surface area (Å²) in [6.45, 7) is 0.921. The van der Waals surface area contributed by atoms with Gasteiger partial charge in [0.1, 0.15) is 0 Å². The number of carbonyl (C=O) groups is 1. The molecular formula is C16H23ClN2O. The maximum absolute atomic E-state index is 12.7. The Bertz CT molecular complexity index is 458. The summed E-state index contributed by atoms with van der Waals surface area (Å²) < 4.78 is 0. The van der Waals surface area contributed by atoms with E-state index >= 15 is 0 Å². The van der Waals surface area contributed by atoms with Crippen molar-refractivity contribution in [2.75, 3.05) is 12.3 Å². The molecule has 0 aromatic heterocycles. The van der Waals surface area contributed by atoms with Crippen LogP contribution in [0.25, 0.3) is 0 Å². The summed E-state index contributed by atoms with van der Waals surface area (Å²) in [6.07, 6.45) is 7.55. The number of likely N-dealkylation sites (tertiary alicyclic amines) is 1. The zero-order valence-corrected chi connectivity index (χ0v) is 12.6. The van der Waals surface area contributed by atoms with Crippen molar-refractivity contribution in [3.05, 3.63) is 29.8 Å². The third kappa shape index (κ3) is 2.93. The van der Waals surface area contributed by atoms with Gasteiger partial charge in [0.2, 0.25) is 0 Å². The average Bonchev–Trinajstić information content (AvgIpc) is 2.47. The normalized spacial score (nSPS) is 25.5. The minimum absolute atomic E-state index is 0. The first-order valence-electron chi connectivity index (χ1n) is 7.42. The number of rotatable bonds is 1. The van der Waals surface area contributed by atoms with E-state index in [4.69, 9.17) is 5.73 Å². The zero-order valence-electron chi connectivity index (χ0n) is 11.8. The number of amides is 1. The predicted molar refractivity (Wildman–Crippen MR) is 84.1 cm³/mol. The van der Waals surface area contributed by atoms with Crippen molar-refractivity contribution in [2.45, 2.75) is 44.6 Å². The quantitative estimate of drug-likeness (QED) is 0.806. The van der Waals surface area contributed by atoms with E-state index < -0.39 is 0 Å². The fraction of sp³-hybridized carbons (Fsp3) is 0.562. The molecule has 1 aliphatic heterocycles. The van der Waals surface area contributed by atoms with Crippen LogP contribution in [0.2, 0.25) is 0 Å². The van der Waals surface area contributed by atoms with E-state index in [-0.39, 0.29) is 18.3 Å². The third-order valence-electron chi connectivity index (χ3n) is 4.66. The van der Waals surface area contributed by atoms with Crippen LogP contribution in [-0.4, -0.2) is 23.4 Å². The SMILES string of the molecule is Cl.Nc1ccc(C(=O)N2CCCC3CCCCC32)cc1. The molecule has 3 nitrogen and oxygen atoms in total. The number of nitrogen functional groups attached to an aromatic ring is 1. The van der Waals surface area contributed by atoms with Gasteiger partial charge < -0.3 is 10.6 Å². The molecule has 4 heteroatoms. The molecule has 1 aromatic carbocycles. The van der Waals surface area contributed by atoms with Gasteiger partial charge in [-0.25, -0.2) is 0 Å². The van der Waals surface area contributed by atoms with Crippen molar-refractivity contribution < 1.29 is 4.79 Å². The maximum atomic E-state index is 12.7. The molecule has 1 aromatic rings. The summed E-state index contributed by atoms with van der Waals surface area (Å²) >= 11 is 0. The highest BCUT2D eigenvalue weighted by molar-refractivity contribution is 5.94. The summed E-state index contributed by atoms with van der Waals surface area (Å²) in [7, 11) is 0. The third-order valence-corrected chi connectivity index (χ3v) is 4.66. The fourth-order valence-corrected chi connectivity index (χ4v) is 3.67. The van der Waals surface area contributed by atoms with Crippen LogP contribution in [0.1, 0.15) is 48.9 Å². The number of benzene rings is 1. The smallest absolute Gasteiger partial charge is 0.254 e. The lowest BCUT2D eigenvalue weighted by Crippen LogP contribution is -2.49. The largest absolute Gasteiger partial charge is 0.399 e. The lowest BCUT2D eigenvalue weighted by atomic mass is 9.78. The van der Waals surface area contributed by atoms with Crippen LogP contribution < -0.4 is 5.73 Å². The average molecular weight is 295 g/mol. The molecule has 0 bridgehead atoms. The minimum Gasteiger partial charge on any atom is -0.399 e. The Kier molecular flexibility index (Phi) is 4.92. The number of nitrogens with two attached hydrogens (primary N) is 1. The molecule has 20 heavy (non-hydrogen) atoms. The Hall–Kier alpha value is -1.22. The molecule has 1 aliphatic carbocycles. The molecule has 1 amide bonds. The number of fused-ring (bicyclic) bond motifs is 1. The van der Waals surface area contributed by atoms with Crippen LogP contribution in [-0.2, 0) is 0 Å². The van der Waals surface area contributed by atoms with E-state index in [1.807, 2.05) is 24.3 Å². The van der Waals surface area contributed by atoms with E-state index in [9.17, 15) is 4.79 Å². The molecule has 110 valence electrons. The summed E-state index contributed by atoms with van der Waals surface area (Å²) in [5.41, 5.74) is 7.18. The molecule has 1 saturated carbocycles. The van der Waals surface area contributed by atoms with Gasteiger partial charge in [0.05, 0.1) is 0 Å². The summed E-state index contributed by atoms with van der Waals surface area (Å²) in [6, 6.07) is 7.81. The molecular weight excluding hydrogens is 272 g/mol. The molecule has 1 saturated heterocycles. The van der Waals surface area contributed by atoms with Crippen LogP contribution in [0.3, 0.4) is 0 Å². The summed E-state index contributed by atoms with van der Waals surface area (Å²) in [4.78, 5) is 14.8. The number of nitrogens with zero attached hydrogens (tertiary/aromatic N) is 1. The van der Waals surface area contributed by atoms with Crippen LogP contribution in [0.15, 0.2) is 24.3 Å². The number of anilines is 1.